The zero-order valence-electron chi connectivity index (χ0n) is 14.1. The van der Waals surface area contributed by atoms with Crippen molar-refractivity contribution in [2.75, 3.05) is 19.3 Å². The minimum Gasteiger partial charge on any atom is -0.347 e. The summed E-state index contributed by atoms with van der Waals surface area (Å²) in [5.74, 6) is -0.300. The number of likely N-dealkylation sites (tertiary alicyclic amines) is 1. The monoisotopic (exact) mass is 374 g/mol. The topological polar surface area (TPSA) is 49.4 Å². The molecule has 1 fully saturated rings. The van der Waals surface area contributed by atoms with Crippen LogP contribution >= 0.6 is 11.8 Å². The van der Waals surface area contributed by atoms with Gasteiger partial charge in [0.2, 0.25) is 11.8 Å². The van der Waals surface area contributed by atoms with E-state index in [1.807, 2.05) is 0 Å². The summed E-state index contributed by atoms with van der Waals surface area (Å²) >= 11 is 1.35. The van der Waals surface area contributed by atoms with Crippen molar-refractivity contribution in [2.45, 2.75) is 37.2 Å². The van der Waals surface area contributed by atoms with Gasteiger partial charge >= 0.3 is 6.18 Å². The molecule has 0 unspecified atom stereocenters. The first-order chi connectivity index (χ1) is 11.7. The number of hydrogen-bond donors (Lipinski definition) is 1. The lowest BCUT2D eigenvalue weighted by atomic mass is 10.0. The largest absolute Gasteiger partial charge is 0.416 e. The molecule has 2 rings (SSSR count). The van der Waals surface area contributed by atoms with Gasteiger partial charge in [-0.3, -0.25) is 9.59 Å². The summed E-state index contributed by atoms with van der Waals surface area (Å²) in [5.41, 5.74) is -0.425. The second-order valence-electron chi connectivity index (χ2n) is 6.01. The van der Waals surface area contributed by atoms with E-state index in [1.165, 1.54) is 17.8 Å². The number of benzene rings is 1. The molecule has 1 aliphatic heterocycles. The Balaban J connectivity index is 2.27. The second-order valence-corrected chi connectivity index (χ2v) is 7.18. The highest BCUT2D eigenvalue weighted by Crippen LogP contribution is 2.31. The van der Waals surface area contributed by atoms with Crippen molar-refractivity contribution in [1.82, 2.24) is 10.2 Å². The summed E-state index contributed by atoms with van der Waals surface area (Å²) in [6.45, 7) is 2.46. The molecule has 0 bridgehead atoms. The zero-order chi connectivity index (χ0) is 18.6. The Kier molecular flexibility index (Phi) is 6.37. The van der Waals surface area contributed by atoms with E-state index in [2.05, 4.69) is 5.32 Å². The van der Waals surface area contributed by atoms with Gasteiger partial charge in [0, 0.05) is 19.5 Å². The Morgan fingerprint density at radius 3 is 2.68 bits per heavy atom. The Morgan fingerprint density at radius 2 is 2.12 bits per heavy atom. The van der Waals surface area contributed by atoms with Gasteiger partial charge in [0.1, 0.15) is 0 Å². The molecule has 0 saturated carbocycles. The molecule has 138 valence electrons. The minimum atomic E-state index is -4.46. The molecule has 2 amide bonds. The first-order valence-corrected chi connectivity index (χ1v) is 9.29. The van der Waals surface area contributed by atoms with Crippen molar-refractivity contribution < 1.29 is 22.8 Å². The predicted octanol–water partition coefficient (Wildman–Crippen LogP) is 3.24. The molecule has 0 aromatic heterocycles. The number of carbonyl (C=O) groups is 2. The van der Waals surface area contributed by atoms with Crippen LogP contribution < -0.4 is 5.32 Å². The molecule has 1 aromatic rings. The predicted molar refractivity (Wildman–Crippen MR) is 91.1 cm³/mol. The number of hydrogen-bond acceptors (Lipinski definition) is 3. The maximum Gasteiger partial charge on any atom is 0.416 e. The van der Waals surface area contributed by atoms with E-state index in [4.69, 9.17) is 0 Å². The molecule has 0 aliphatic carbocycles. The smallest absolute Gasteiger partial charge is 0.347 e. The zero-order valence-corrected chi connectivity index (χ0v) is 14.9. The molecular weight excluding hydrogens is 353 g/mol. The van der Waals surface area contributed by atoms with Crippen LogP contribution in [0.2, 0.25) is 0 Å². The molecule has 1 heterocycles. The summed E-state index contributed by atoms with van der Waals surface area (Å²) in [7, 11) is 0. The van der Waals surface area contributed by atoms with Crippen LogP contribution in [0.1, 0.15) is 36.9 Å². The van der Waals surface area contributed by atoms with Gasteiger partial charge in [-0.25, -0.2) is 0 Å². The van der Waals surface area contributed by atoms with Crippen molar-refractivity contribution in [3.05, 3.63) is 35.4 Å². The highest BCUT2D eigenvalue weighted by Gasteiger charge is 2.32. The molecule has 1 saturated heterocycles. The molecule has 8 heteroatoms. The Bertz CT molecular complexity index is 637. The molecule has 1 aromatic carbocycles. The van der Waals surface area contributed by atoms with Gasteiger partial charge < -0.3 is 10.2 Å². The van der Waals surface area contributed by atoms with Crippen LogP contribution in [0, 0.1) is 0 Å². The van der Waals surface area contributed by atoms with Crippen molar-refractivity contribution in [3.8, 4) is 0 Å². The third-order valence-electron chi connectivity index (χ3n) is 4.23. The SMILES string of the molecule is CS[C@@H](C)C(=O)N[C@@H](CN1CCCC1=O)c1cccc(C(F)(F)F)c1. The molecule has 25 heavy (non-hydrogen) atoms. The number of alkyl halides is 3. The van der Waals surface area contributed by atoms with Gasteiger partial charge in [0.15, 0.2) is 0 Å². The lowest BCUT2D eigenvalue weighted by Gasteiger charge is -2.26. The van der Waals surface area contributed by atoms with Crippen LogP contribution in [0.15, 0.2) is 24.3 Å². The van der Waals surface area contributed by atoms with Gasteiger partial charge in [0.25, 0.3) is 0 Å². The lowest BCUT2D eigenvalue weighted by Crippen LogP contribution is -2.41. The second kappa shape index (κ2) is 8.12. The summed E-state index contributed by atoms with van der Waals surface area (Å²) < 4.78 is 39.0. The van der Waals surface area contributed by atoms with Crippen molar-refractivity contribution in [2.24, 2.45) is 0 Å². The number of amides is 2. The maximum atomic E-state index is 13.0. The van der Waals surface area contributed by atoms with Crippen molar-refractivity contribution in [1.29, 1.82) is 0 Å². The molecule has 0 spiro atoms. The fourth-order valence-electron chi connectivity index (χ4n) is 2.68. The Labute approximate surface area is 149 Å². The van der Waals surface area contributed by atoms with Gasteiger partial charge in [-0.2, -0.15) is 24.9 Å². The van der Waals surface area contributed by atoms with Crippen molar-refractivity contribution >= 4 is 23.6 Å². The van der Waals surface area contributed by atoms with E-state index in [0.29, 0.717) is 18.5 Å². The molecule has 1 aliphatic rings. The van der Waals surface area contributed by atoms with Crippen LogP contribution in [0.4, 0.5) is 13.2 Å². The number of thioether (sulfide) groups is 1. The molecule has 2 atom stereocenters. The minimum absolute atomic E-state index is 0.0378. The molecule has 0 radical (unpaired) electrons. The Morgan fingerprint density at radius 1 is 1.40 bits per heavy atom. The van der Waals surface area contributed by atoms with E-state index >= 15 is 0 Å². The Hall–Kier alpha value is -1.70. The number of halogens is 3. The van der Waals surface area contributed by atoms with Crippen LogP contribution in [0.3, 0.4) is 0 Å². The van der Waals surface area contributed by atoms with Gasteiger partial charge in [0.05, 0.1) is 16.9 Å². The number of rotatable bonds is 6. The van der Waals surface area contributed by atoms with Crippen LogP contribution in [-0.2, 0) is 15.8 Å². The highest BCUT2D eigenvalue weighted by atomic mass is 32.2. The summed E-state index contributed by atoms with van der Waals surface area (Å²) in [5, 5.41) is 2.46. The van der Waals surface area contributed by atoms with E-state index < -0.39 is 17.8 Å². The highest BCUT2D eigenvalue weighted by molar-refractivity contribution is 7.99. The normalized spacial score (nSPS) is 17.5. The summed E-state index contributed by atoms with van der Waals surface area (Å²) in [6, 6.07) is 4.22. The molecule has 1 N–H and O–H groups in total. The van der Waals surface area contributed by atoms with Crippen molar-refractivity contribution in [3.63, 3.8) is 0 Å². The molecular formula is C17H21F3N2O2S. The van der Waals surface area contributed by atoms with Gasteiger partial charge in [-0.15, -0.1) is 0 Å². The molecule has 4 nitrogen and oxygen atoms in total. The van der Waals surface area contributed by atoms with E-state index in [-0.39, 0.29) is 23.6 Å². The summed E-state index contributed by atoms with van der Waals surface area (Å²) in [6.07, 6.45) is -1.51. The quantitative estimate of drug-likeness (QED) is 0.832. The van der Waals surface area contributed by atoms with E-state index in [1.54, 1.807) is 24.1 Å². The summed E-state index contributed by atoms with van der Waals surface area (Å²) in [4.78, 5) is 25.7. The average Bonchev–Trinajstić information content (AvgIpc) is 2.97. The van der Waals surface area contributed by atoms with E-state index in [9.17, 15) is 22.8 Å². The number of carbonyl (C=O) groups excluding carboxylic acids is 2. The maximum absolute atomic E-state index is 13.0. The van der Waals surface area contributed by atoms with Crippen LogP contribution in [-0.4, -0.2) is 41.3 Å². The third kappa shape index (κ3) is 5.14. The fourth-order valence-corrected chi connectivity index (χ4v) is 2.96. The van der Waals surface area contributed by atoms with Crippen LogP contribution in [0.5, 0.6) is 0 Å². The first kappa shape index (κ1) is 19.6. The average molecular weight is 374 g/mol. The van der Waals surface area contributed by atoms with Gasteiger partial charge in [-0.05, 0) is 37.3 Å². The standard InChI is InChI=1S/C17H21F3N2O2S/c1-11(25-2)16(24)21-14(10-22-8-4-7-15(22)23)12-5-3-6-13(9-12)17(18,19)20/h3,5-6,9,11,14H,4,7-8,10H2,1-2H3,(H,21,24)/t11-,14-/m0/s1. The number of nitrogens with one attached hydrogen (secondary N) is 1. The van der Waals surface area contributed by atoms with Crippen LogP contribution in [0.25, 0.3) is 0 Å². The van der Waals surface area contributed by atoms with E-state index in [0.717, 1.165) is 18.6 Å². The third-order valence-corrected chi connectivity index (χ3v) is 5.15. The fraction of sp³-hybridized carbons (Fsp3) is 0.529. The lowest BCUT2D eigenvalue weighted by molar-refractivity contribution is -0.137. The first-order valence-electron chi connectivity index (χ1n) is 8.00. The number of nitrogens with zero attached hydrogens (tertiary/aromatic N) is 1. The van der Waals surface area contributed by atoms with Gasteiger partial charge in [-0.1, -0.05) is 12.1 Å².